The number of anilines is 2. The number of carbonyl (C=O) groups is 1. The highest BCUT2D eigenvalue weighted by atomic mass is 32.2. The molecule has 0 aromatic heterocycles. The number of hydrogen-bond acceptors (Lipinski definition) is 5. The summed E-state index contributed by atoms with van der Waals surface area (Å²) >= 11 is 0. The fourth-order valence-corrected chi connectivity index (χ4v) is 4.68. The Morgan fingerprint density at radius 1 is 1.07 bits per heavy atom. The first-order valence-corrected chi connectivity index (χ1v) is 11.8. The summed E-state index contributed by atoms with van der Waals surface area (Å²) in [5.41, 5.74) is 3.42. The van der Waals surface area contributed by atoms with E-state index in [1.165, 1.54) is 4.31 Å². The van der Waals surface area contributed by atoms with E-state index in [1.807, 2.05) is 50.2 Å². The molecule has 7 nitrogen and oxygen atoms in total. The lowest BCUT2D eigenvalue weighted by Gasteiger charge is -2.37. The van der Waals surface area contributed by atoms with Crippen LogP contribution in [0.15, 0.2) is 42.5 Å². The molecule has 2 aromatic rings. The van der Waals surface area contributed by atoms with Gasteiger partial charge in [-0.25, -0.2) is 8.42 Å². The van der Waals surface area contributed by atoms with Crippen molar-refractivity contribution in [3.05, 3.63) is 53.6 Å². The maximum absolute atomic E-state index is 12.9. The summed E-state index contributed by atoms with van der Waals surface area (Å²) in [5, 5.41) is 0. The first-order valence-electron chi connectivity index (χ1n) is 9.91. The quantitative estimate of drug-likeness (QED) is 0.703. The molecule has 0 aliphatic carbocycles. The summed E-state index contributed by atoms with van der Waals surface area (Å²) < 4.78 is 31.5. The van der Waals surface area contributed by atoms with Gasteiger partial charge in [-0.15, -0.1) is 0 Å². The molecule has 1 aliphatic heterocycles. The van der Waals surface area contributed by atoms with Crippen molar-refractivity contribution in [2.75, 3.05) is 55.3 Å². The zero-order valence-corrected chi connectivity index (χ0v) is 18.8. The maximum atomic E-state index is 12.9. The molecule has 162 valence electrons. The molecule has 0 spiro atoms. The lowest BCUT2D eigenvalue weighted by atomic mass is 10.1. The predicted octanol–water partition coefficient (Wildman–Crippen LogP) is 2.43. The van der Waals surface area contributed by atoms with E-state index in [0.29, 0.717) is 31.9 Å². The Kier molecular flexibility index (Phi) is 6.55. The number of piperazine rings is 1. The normalized spacial score (nSPS) is 14.5. The van der Waals surface area contributed by atoms with Gasteiger partial charge in [0.05, 0.1) is 24.7 Å². The molecular weight excluding hydrogens is 402 g/mol. The highest BCUT2D eigenvalue weighted by molar-refractivity contribution is 7.92. The molecule has 1 fully saturated rings. The summed E-state index contributed by atoms with van der Waals surface area (Å²) in [7, 11) is -1.95. The van der Waals surface area contributed by atoms with Crippen molar-refractivity contribution in [3.8, 4) is 5.75 Å². The number of aryl methyl sites for hydroxylation is 2. The van der Waals surface area contributed by atoms with Crippen LogP contribution >= 0.6 is 0 Å². The van der Waals surface area contributed by atoms with E-state index in [9.17, 15) is 13.2 Å². The second-order valence-corrected chi connectivity index (χ2v) is 9.51. The van der Waals surface area contributed by atoms with Gasteiger partial charge in [-0.2, -0.15) is 0 Å². The molecular formula is C22H29N3O4S. The number of nitrogens with zero attached hydrogens (tertiary/aromatic N) is 3. The number of para-hydroxylation sites is 2. The van der Waals surface area contributed by atoms with E-state index in [0.717, 1.165) is 28.8 Å². The highest BCUT2D eigenvalue weighted by Gasteiger charge is 2.28. The molecule has 0 N–H and O–H groups in total. The molecule has 0 saturated carbocycles. The third kappa shape index (κ3) is 4.87. The zero-order valence-electron chi connectivity index (χ0n) is 18.0. The van der Waals surface area contributed by atoms with E-state index in [4.69, 9.17) is 4.74 Å². The number of ether oxygens (including phenoxy) is 1. The standard InChI is InChI=1S/C22H29N3O4S/c1-17-9-10-19(18(2)15-17)25(30(4,27)28)16-22(26)24-13-11-23(12-14-24)20-7-5-6-8-21(20)29-3/h5-10,15H,11-14,16H2,1-4H3. The zero-order chi connectivity index (χ0) is 21.9. The van der Waals surface area contributed by atoms with Crippen LogP contribution in [0.2, 0.25) is 0 Å². The fraction of sp³-hybridized carbons (Fsp3) is 0.409. The number of hydrogen-bond donors (Lipinski definition) is 0. The van der Waals surface area contributed by atoms with Crippen LogP contribution in [-0.4, -0.2) is 65.3 Å². The van der Waals surface area contributed by atoms with Crippen molar-refractivity contribution in [2.45, 2.75) is 13.8 Å². The van der Waals surface area contributed by atoms with E-state index >= 15 is 0 Å². The second kappa shape index (κ2) is 8.95. The van der Waals surface area contributed by atoms with E-state index in [2.05, 4.69) is 4.90 Å². The Balaban J connectivity index is 1.70. The molecule has 0 unspecified atom stereocenters. The van der Waals surface area contributed by atoms with Crippen LogP contribution in [0.4, 0.5) is 11.4 Å². The van der Waals surface area contributed by atoms with E-state index < -0.39 is 10.0 Å². The average Bonchev–Trinajstić information content (AvgIpc) is 2.71. The fourth-order valence-electron chi connectivity index (χ4n) is 3.78. The SMILES string of the molecule is COc1ccccc1N1CCN(C(=O)CN(c2ccc(C)cc2C)S(C)(=O)=O)CC1. The molecule has 0 bridgehead atoms. The van der Waals surface area contributed by atoms with Gasteiger partial charge in [0.1, 0.15) is 12.3 Å². The van der Waals surface area contributed by atoms with Gasteiger partial charge < -0.3 is 14.5 Å². The number of amides is 1. The van der Waals surface area contributed by atoms with Gasteiger partial charge >= 0.3 is 0 Å². The van der Waals surface area contributed by atoms with Crippen LogP contribution in [0, 0.1) is 13.8 Å². The molecule has 30 heavy (non-hydrogen) atoms. The number of methoxy groups -OCH3 is 1. The Morgan fingerprint density at radius 2 is 1.73 bits per heavy atom. The van der Waals surface area contributed by atoms with Crippen molar-refractivity contribution in [1.29, 1.82) is 0 Å². The Labute approximate surface area is 178 Å². The molecule has 1 aliphatic rings. The van der Waals surface area contributed by atoms with Crippen LogP contribution in [0.25, 0.3) is 0 Å². The van der Waals surface area contributed by atoms with Crippen molar-refractivity contribution in [2.24, 2.45) is 0 Å². The van der Waals surface area contributed by atoms with Crippen molar-refractivity contribution >= 4 is 27.3 Å². The number of carbonyl (C=O) groups excluding carboxylic acids is 1. The first kappa shape index (κ1) is 22.0. The summed E-state index contributed by atoms with van der Waals surface area (Å²) in [6, 6.07) is 13.3. The number of benzene rings is 2. The first-order chi connectivity index (χ1) is 14.2. The maximum Gasteiger partial charge on any atom is 0.243 e. The Morgan fingerprint density at radius 3 is 2.33 bits per heavy atom. The van der Waals surface area contributed by atoms with Crippen LogP contribution in [0.5, 0.6) is 5.75 Å². The van der Waals surface area contributed by atoms with Crippen LogP contribution in [0.1, 0.15) is 11.1 Å². The monoisotopic (exact) mass is 431 g/mol. The minimum absolute atomic E-state index is 0.194. The lowest BCUT2D eigenvalue weighted by molar-refractivity contribution is -0.129. The van der Waals surface area contributed by atoms with Crippen molar-refractivity contribution in [3.63, 3.8) is 0 Å². The summed E-state index contributed by atoms with van der Waals surface area (Å²) in [4.78, 5) is 16.9. The van der Waals surface area contributed by atoms with Gasteiger partial charge in [-0.3, -0.25) is 9.10 Å². The van der Waals surface area contributed by atoms with E-state index in [-0.39, 0.29) is 12.5 Å². The van der Waals surface area contributed by atoms with E-state index in [1.54, 1.807) is 18.1 Å². The van der Waals surface area contributed by atoms with Crippen LogP contribution < -0.4 is 13.9 Å². The van der Waals surface area contributed by atoms with Gasteiger partial charge in [0, 0.05) is 26.2 Å². The molecule has 1 heterocycles. The molecule has 2 aromatic carbocycles. The summed E-state index contributed by atoms with van der Waals surface area (Å²) in [5.74, 6) is 0.607. The third-order valence-electron chi connectivity index (χ3n) is 5.36. The predicted molar refractivity (Wildman–Crippen MR) is 120 cm³/mol. The molecule has 3 rings (SSSR count). The van der Waals surface area contributed by atoms with Crippen LogP contribution in [0.3, 0.4) is 0 Å². The van der Waals surface area contributed by atoms with Gasteiger partial charge in [0.2, 0.25) is 15.9 Å². The van der Waals surface area contributed by atoms with Gasteiger partial charge in [-0.1, -0.05) is 29.8 Å². The number of sulfonamides is 1. The smallest absolute Gasteiger partial charge is 0.243 e. The molecule has 1 amide bonds. The minimum atomic E-state index is -3.59. The van der Waals surface area contributed by atoms with Gasteiger partial charge in [0.15, 0.2) is 0 Å². The van der Waals surface area contributed by atoms with Crippen molar-refractivity contribution in [1.82, 2.24) is 4.90 Å². The second-order valence-electron chi connectivity index (χ2n) is 7.60. The molecule has 0 atom stereocenters. The van der Waals surface area contributed by atoms with Crippen LogP contribution in [-0.2, 0) is 14.8 Å². The minimum Gasteiger partial charge on any atom is -0.495 e. The Bertz CT molecular complexity index is 1010. The number of rotatable bonds is 6. The molecule has 1 saturated heterocycles. The largest absolute Gasteiger partial charge is 0.495 e. The topological polar surface area (TPSA) is 70.2 Å². The molecule has 0 radical (unpaired) electrons. The highest BCUT2D eigenvalue weighted by Crippen LogP contribution is 2.28. The van der Waals surface area contributed by atoms with Crippen molar-refractivity contribution < 1.29 is 17.9 Å². The third-order valence-corrected chi connectivity index (χ3v) is 6.48. The lowest BCUT2D eigenvalue weighted by Crippen LogP contribution is -2.52. The summed E-state index contributed by atoms with van der Waals surface area (Å²) in [6.45, 7) is 5.99. The average molecular weight is 432 g/mol. The van der Waals surface area contributed by atoms with Gasteiger partial charge in [-0.05, 0) is 37.6 Å². The molecule has 8 heteroatoms. The van der Waals surface area contributed by atoms with Gasteiger partial charge in [0.25, 0.3) is 0 Å². The summed E-state index contributed by atoms with van der Waals surface area (Å²) in [6.07, 6.45) is 1.14. The Hall–Kier alpha value is -2.74.